The van der Waals surface area contributed by atoms with Gasteiger partial charge in [0.25, 0.3) is 11.8 Å². The molecule has 38 heavy (non-hydrogen) atoms. The van der Waals surface area contributed by atoms with E-state index in [0.717, 1.165) is 5.39 Å². The second-order valence-corrected chi connectivity index (χ2v) is 9.81. The van der Waals surface area contributed by atoms with Gasteiger partial charge in [0.1, 0.15) is 11.8 Å². The van der Waals surface area contributed by atoms with E-state index in [4.69, 9.17) is 4.84 Å². The lowest BCUT2D eigenvalue weighted by Crippen LogP contribution is -2.57. The molecule has 1 aromatic heterocycles. The van der Waals surface area contributed by atoms with E-state index in [0.29, 0.717) is 23.1 Å². The van der Waals surface area contributed by atoms with Crippen molar-refractivity contribution < 1.29 is 29.6 Å². The number of aromatic nitrogens is 1. The van der Waals surface area contributed by atoms with Gasteiger partial charge in [0, 0.05) is 18.0 Å². The molecule has 11 heteroatoms. The Morgan fingerprint density at radius 3 is 2.50 bits per heavy atom. The maximum Gasteiger partial charge on any atom is 0.475 e. The number of nitrogens with zero attached hydrogens (tertiary/aromatic N) is 2. The first-order chi connectivity index (χ1) is 18.2. The molecule has 0 fully saturated rings. The lowest BCUT2D eigenvalue weighted by Gasteiger charge is -2.32. The molecule has 1 aliphatic heterocycles. The van der Waals surface area contributed by atoms with Gasteiger partial charge in [-0.25, -0.2) is 0 Å². The predicted molar refractivity (Wildman–Crippen MR) is 143 cm³/mol. The average molecular weight is 518 g/mol. The van der Waals surface area contributed by atoms with E-state index in [9.17, 15) is 24.7 Å². The topological polar surface area (TPSA) is 153 Å². The van der Waals surface area contributed by atoms with Crippen molar-refractivity contribution in [1.29, 1.82) is 0 Å². The van der Waals surface area contributed by atoms with Crippen LogP contribution in [0.25, 0.3) is 10.8 Å². The standard InChI is InChI=1S/C27H31BN4O6/c1-17(2)14-22(28(36)37)31-26(35)27(24(33)19-9-4-3-5-10-19)15-20(32-38-27)16-30-25(34)23-21-11-7-6-8-18(21)12-13-29-23/h3-13,17,22,24,33,36-37H,14-16H2,1-2H3,(H,30,34)(H,31,35)/t22-,24?,27?/m0/s1. The van der Waals surface area contributed by atoms with E-state index < -0.39 is 36.6 Å². The number of pyridine rings is 1. The molecule has 2 amide bonds. The second kappa shape index (κ2) is 11.7. The number of amides is 2. The normalized spacial score (nSPS) is 18.4. The quantitative estimate of drug-likeness (QED) is 0.256. The van der Waals surface area contributed by atoms with Crippen LogP contribution in [0.2, 0.25) is 0 Å². The van der Waals surface area contributed by atoms with Gasteiger partial charge < -0.3 is 30.6 Å². The van der Waals surface area contributed by atoms with Crippen molar-refractivity contribution in [2.45, 2.75) is 44.3 Å². The highest BCUT2D eigenvalue weighted by atomic mass is 16.7. The molecule has 0 saturated heterocycles. The van der Waals surface area contributed by atoms with Crippen molar-refractivity contribution in [1.82, 2.24) is 15.6 Å². The second-order valence-electron chi connectivity index (χ2n) is 9.81. The zero-order valence-electron chi connectivity index (χ0n) is 21.2. The van der Waals surface area contributed by atoms with Crippen molar-refractivity contribution in [3.8, 4) is 0 Å². The van der Waals surface area contributed by atoms with Gasteiger partial charge in [-0.15, -0.1) is 0 Å². The third-order valence-corrected chi connectivity index (χ3v) is 6.49. The van der Waals surface area contributed by atoms with Crippen LogP contribution in [0.4, 0.5) is 0 Å². The smallest absolute Gasteiger partial charge is 0.426 e. The third kappa shape index (κ3) is 5.85. The summed E-state index contributed by atoms with van der Waals surface area (Å²) in [5.41, 5.74) is -0.866. The summed E-state index contributed by atoms with van der Waals surface area (Å²) in [7, 11) is -1.80. The lowest BCUT2D eigenvalue weighted by atomic mass is 9.74. The first-order valence-corrected chi connectivity index (χ1v) is 12.5. The fourth-order valence-corrected chi connectivity index (χ4v) is 4.53. The maximum absolute atomic E-state index is 13.5. The van der Waals surface area contributed by atoms with Gasteiger partial charge in [0.2, 0.25) is 5.60 Å². The summed E-state index contributed by atoms with van der Waals surface area (Å²) >= 11 is 0. The van der Waals surface area contributed by atoms with Gasteiger partial charge in [0.05, 0.1) is 18.2 Å². The van der Waals surface area contributed by atoms with Crippen LogP contribution < -0.4 is 10.6 Å². The molecule has 2 unspecified atom stereocenters. The molecule has 5 N–H and O–H groups in total. The fourth-order valence-electron chi connectivity index (χ4n) is 4.53. The van der Waals surface area contributed by atoms with Crippen molar-refractivity contribution >= 4 is 35.4 Å². The number of aliphatic hydroxyl groups excluding tert-OH is 1. The average Bonchev–Trinajstić information content (AvgIpc) is 3.36. The van der Waals surface area contributed by atoms with Crippen LogP contribution in [0.1, 0.15) is 48.8 Å². The number of carbonyl (C=O) groups excluding carboxylic acids is 2. The Morgan fingerprint density at radius 1 is 1.08 bits per heavy atom. The van der Waals surface area contributed by atoms with Crippen molar-refractivity contribution in [2.75, 3.05) is 6.54 Å². The van der Waals surface area contributed by atoms with Crippen molar-refractivity contribution in [3.05, 3.63) is 78.1 Å². The highest BCUT2D eigenvalue weighted by molar-refractivity contribution is 6.43. The molecule has 3 atom stereocenters. The SMILES string of the molecule is CC(C)C[C@H](NC(=O)C1(C(O)c2ccccc2)CC(CNC(=O)c2nccc3ccccc23)=NO1)B(O)O. The molecule has 3 aromatic rings. The minimum Gasteiger partial charge on any atom is -0.426 e. The number of rotatable bonds is 10. The Morgan fingerprint density at radius 2 is 1.79 bits per heavy atom. The number of nitrogens with one attached hydrogen (secondary N) is 2. The summed E-state index contributed by atoms with van der Waals surface area (Å²) in [6, 6.07) is 17.7. The Hall–Kier alpha value is -3.80. The molecule has 2 heterocycles. The maximum atomic E-state index is 13.5. The largest absolute Gasteiger partial charge is 0.475 e. The molecule has 1 aliphatic rings. The number of benzene rings is 2. The van der Waals surface area contributed by atoms with E-state index in [1.807, 2.05) is 44.2 Å². The number of aliphatic hydroxyl groups is 1. The van der Waals surface area contributed by atoms with Crippen LogP contribution in [-0.2, 0) is 9.63 Å². The minimum absolute atomic E-state index is 0.0433. The number of hydrogen-bond acceptors (Lipinski definition) is 8. The van der Waals surface area contributed by atoms with Crippen LogP contribution >= 0.6 is 0 Å². The Labute approximate surface area is 220 Å². The minimum atomic E-state index is -1.87. The fraction of sp³-hybridized carbons (Fsp3) is 0.333. The van der Waals surface area contributed by atoms with Crippen molar-refractivity contribution in [2.24, 2.45) is 11.1 Å². The number of oxime groups is 1. The Bertz CT molecular complexity index is 1310. The van der Waals surface area contributed by atoms with Crippen LogP contribution in [0, 0.1) is 5.92 Å². The molecular weight excluding hydrogens is 487 g/mol. The number of fused-ring (bicyclic) bond motifs is 1. The molecular formula is C27H31BN4O6. The van der Waals surface area contributed by atoms with Gasteiger partial charge in [-0.1, -0.05) is 73.6 Å². The molecule has 0 spiro atoms. The highest BCUT2D eigenvalue weighted by Gasteiger charge is 2.54. The van der Waals surface area contributed by atoms with Gasteiger partial charge in [0.15, 0.2) is 0 Å². The molecule has 0 saturated carbocycles. The molecule has 198 valence electrons. The summed E-state index contributed by atoms with van der Waals surface area (Å²) in [6.07, 6.45) is 0.301. The van der Waals surface area contributed by atoms with Crippen molar-refractivity contribution in [3.63, 3.8) is 0 Å². The van der Waals surface area contributed by atoms with E-state index in [-0.39, 0.29) is 24.6 Å². The lowest BCUT2D eigenvalue weighted by molar-refractivity contribution is -0.161. The van der Waals surface area contributed by atoms with Crippen LogP contribution in [0.5, 0.6) is 0 Å². The molecule has 0 radical (unpaired) electrons. The summed E-state index contributed by atoms with van der Waals surface area (Å²) in [5.74, 6) is -2.08. The zero-order valence-corrected chi connectivity index (χ0v) is 21.2. The van der Waals surface area contributed by atoms with Crippen LogP contribution in [-0.4, -0.2) is 62.9 Å². The third-order valence-electron chi connectivity index (χ3n) is 6.49. The Balaban J connectivity index is 1.53. The van der Waals surface area contributed by atoms with E-state index in [2.05, 4.69) is 20.8 Å². The summed E-state index contributed by atoms with van der Waals surface area (Å²) in [6.45, 7) is 3.73. The number of hydrogen-bond donors (Lipinski definition) is 5. The predicted octanol–water partition coefficient (Wildman–Crippen LogP) is 1.76. The highest BCUT2D eigenvalue weighted by Crippen LogP contribution is 2.37. The van der Waals surface area contributed by atoms with E-state index in [1.54, 1.807) is 36.5 Å². The molecule has 0 aliphatic carbocycles. The number of carbonyl (C=O) groups is 2. The Kier molecular flexibility index (Phi) is 8.40. The summed E-state index contributed by atoms with van der Waals surface area (Å²) < 4.78 is 0. The van der Waals surface area contributed by atoms with E-state index >= 15 is 0 Å². The first-order valence-electron chi connectivity index (χ1n) is 12.5. The monoisotopic (exact) mass is 518 g/mol. The first kappa shape index (κ1) is 27.2. The van der Waals surface area contributed by atoms with Gasteiger partial charge in [-0.05, 0) is 29.4 Å². The van der Waals surface area contributed by atoms with Gasteiger partial charge in [-0.3, -0.25) is 14.6 Å². The zero-order chi connectivity index (χ0) is 27.3. The van der Waals surface area contributed by atoms with E-state index in [1.165, 1.54) is 0 Å². The summed E-state index contributed by atoms with van der Waals surface area (Å²) in [5, 5.41) is 41.9. The molecule has 2 aromatic carbocycles. The van der Waals surface area contributed by atoms with Crippen LogP contribution in [0.3, 0.4) is 0 Å². The molecule has 0 bridgehead atoms. The molecule has 4 rings (SSSR count). The molecule has 10 nitrogen and oxygen atoms in total. The van der Waals surface area contributed by atoms with Crippen LogP contribution in [0.15, 0.2) is 72.0 Å². The summed E-state index contributed by atoms with van der Waals surface area (Å²) in [4.78, 5) is 36.3. The van der Waals surface area contributed by atoms with Gasteiger partial charge >= 0.3 is 7.12 Å². The van der Waals surface area contributed by atoms with Gasteiger partial charge in [-0.2, -0.15) is 0 Å².